The molecule has 4 N–H and O–H groups in total. The maximum absolute atomic E-state index is 13.5. The van der Waals surface area contributed by atoms with E-state index in [1.165, 1.54) is 0 Å². The predicted octanol–water partition coefficient (Wildman–Crippen LogP) is 4.49. The van der Waals surface area contributed by atoms with Gasteiger partial charge in [0.15, 0.2) is 5.69 Å². The number of benzene rings is 2. The number of alkyl halides is 3. The summed E-state index contributed by atoms with van der Waals surface area (Å²) in [6, 6.07) is 9.19. The summed E-state index contributed by atoms with van der Waals surface area (Å²) in [7, 11) is 0. The molecule has 0 aliphatic carbocycles. The minimum Gasteiger partial charge on any atom is -0.446 e. The van der Waals surface area contributed by atoms with E-state index in [2.05, 4.69) is 15.3 Å². The van der Waals surface area contributed by atoms with Crippen molar-refractivity contribution in [2.75, 3.05) is 0 Å². The first-order valence-electron chi connectivity index (χ1n) is 9.61. The van der Waals surface area contributed by atoms with E-state index < -0.39 is 29.5 Å². The molecule has 0 aliphatic rings. The summed E-state index contributed by atoms with van der Waals surface area (Å²) in [5.74, 6) is -1.58. The van der Waals surface area contributed by atoms with Gasteiger partial charge in [0.2, 0.25) is 5.89 Å². The van der Waals surface area contributed by atoms with E-state index in [0.717, 1.165) is 34.9 Å². The predicted molar refractivity (Wildman–Crippen MR) is 108 cm³/mol. The lowest BCUT2D eigenvalue weighted by molar-refractivity contribution is -0.137. The zero-order chi connectivity index (χ0) is 22.9. The maximum atomic E-state index is 13.5. The molecule has 0 fully saturated rings. The van der Waals surface area contributed by atoms with Crippen LogP contribution in [0.5, 0.6) is 0 Å². The zero-order valence-electron chi connectivity index (χ0n) is 16.5. The Morgan fingerprint density at radius 1 is 1.22 bits per heavy atom. The summed E-state index contributed by atoms with van der Waals surface area (Å²) >= 11 is 0. The molecule has 0 spiro atoms. The molecule has 0 aliphatic heterocycles. The molecule has 0 bridgehead atoms. The Kier molecular flexibility index (Phi) is 5.70. The van der Waals surface area contributed by atoms with Gasteiger partial charge in [-0.25, -0.2) is 9.37 Å². The van der Waals surface area contributed by atoms with Gasteiger partial charge < -0.3 is 20.5 Å². The summed E-state index contributed by atoms with van der Waals surface area (Å²) in [4.78, 5) is 19.6. The van der Waals surface area contributed by atoms with E-state index in [9.17, 15) is 22.4 Å². The highest BCUT2D eigenvalue weighted by molar-refractivity contribution is 5.91. The lowest BCUT2D eigenvalue weighted by Gasteiger charge is -2.10. The third-order valence-electron chi connectivity index (χ3n) is 4.92. The monoisotopic (exact) mass is 446 g/mol. The van der Waals surface area contributed by atoms with E-state index in [-0.39, 0.29) is 23.7 Å². The molecule has 0 saturated carbocycles. The summed E-state index contributed by atoms with van der Waals surface area (Å²) in [5, 5.41) is 3.42. The molecular formula is C22H18F4N4O2. The second-order valence-corrected chi connectivity index (χ2v) is 7.27. The number of rotatable bonds is 6. The zero-order valence-corrected chi connectivity index (χ0v) is 16.5. The van der Waals surface area contributed by atoms with Crippen molar-refractivity contribution in [2.24, 2.45) is 5.73 Å². The second kappa shape index (κ2) is 8.46. The first-order valence-corrected chi connectivity index (χ1v) is 9.61. The molecule has 1 unspecified atom stereocenters. The lowest BCUT2D eigenvalue weighted by Crippen LogP contribution is -2.24. The minimum absolute atomic E-state index is 0.0366. The molecule has 166 valence electrons. The number of para-hydroxylation sites is 1. The van der Waals surface area contributed by atoms with Crippen LogP contribution >= 0.6 is 0 Å². The van der Waals surface area contributed by atoms with Crippen LogP contribution in [0.25, 0.3) is 10.9 Å². The number of aromatic nitrogens is 2. The fourth-order valence-electron chi connectivity index (χ4n) is 3.38. The summed E-state index contributed by atoms with van der Waals surface area (Å²) in [5.41, 5.74) is 6.86. The Morgan fingerprint density at radius 3 is 2.78 bits per heavy atom. The molecule has 2 aromatic heterocycles. The van der Waals surface area contributed by atoms with Crippen LogP contribution in [-0.2, 0) is 19.1 Å². The van der Waals surface area contributed by atoms with Crippen molar-refractivity contribution in [2.45, 2.75) is 25.2 Å². The number of oxazole rings is 1. The minimum atomic E-state index is -4.69. The van der Waals surface area contributed by atoms with E-state index >= 15 is 0 Å². The van der Waals surface area contributed by atoms with Gasteiger partial charge in [-0.05, 0) is 41.8 Å². The number of hydrogen-bond donors (Lipinski definition) is 3. The van der Waals surface area contributed by atoms with Crippen molar-refractivity contribution >= 4 is 16.8 Å². The summed E-state index contributed by atoms with van der Waals surface area (Å²) in [6.07, 6.45) is -1.32. The van der Waals surface area contributed by atoms with Gasteiger partial charge in [0.1, 0.15) is 12.1 Å². The number of hydrogen-bond acceptors (Lipinski definition) is 4. The van der Waals surface area contributed by atoms with Crippen molar-refractivity contribution in [1.82, 2.24) is 15.3 Å². The van der Waals surface area contributed by atoms with Gasteiger partial charge in [-0.1, -0.05) is 18.2 Å². The third kappa shape index (κ3) is 4.65. The quantitative estimate of drug-likeness (QED) is 0.380. The van der Waals surface area contributed by atoms with Crippen LogP contribution in [0.4, 0.5) is 17.6 Å². The molecule has 1 atom stereocenters. The van der Waals surface area contributed by atoms with Crippen molar-refractivity contribution in [3.05, 3.63) is 89.0 Å². The van der Waals surface area contributed by atoms with Gasteiger partial charge >= 0.3 is 6.18 Å². The molecule has 2 heterocycles. The van der Waals surface area contributed by atoms with Crippen LogP contribution in [0.15, 0.2) is 59.3 Å². The van der Waals surface area contributed by atoms with Crippen molar-refractivity contribution < 1.29 is 26.8 Å². The molecule has 1 amide bonds. The van der Waals surface area contributed by atoms with Crippen LogP contribution in [0.3, 0.4) is 0 Å². The molecular weight excluding hydrogens is 428 g/mol. The fraction of sp³-hybridized carbons (Fsp3) is 0.182. The molecule has 10 heteroatoms. The van der Waals surface area contributed by atoms with Crippen LogP contribution in [-0.4, -0.2) is 15.9 Å². The maximum Gasteiger partial charge on any atom is 0.416 e. The Balaban J connectivity index is 1.41. The highest BCUT2D eigenvalue weighted by atomic mass is 19.4. The van der Waals surface area contributed by atoms with Gasteiger partial charge in [0.05, 0.1) is 11.6 Å². The highest BCUT2D eigenvalue weighted by Gasteiger charge is 2.31. The number of H-pyrrole nitrogens is 1. The number of nitrogens with zero attached hydrogens (tertiary/aromatic N) is 1. The largest absolute Gasteiger partial charge is 0.446 e. The molecule has 0 radical (unpaired) electrons. The lowest BCUT2D eigenvalue weighted by atomic mass is 10.1. The van der Waals surface area contributed by atoms with Crippen LogP contribution in [0, 0.1) is 5.82 Å². The topological polar surface area (TPSA) is 96.9 Å². The summed E-state index contributed by atoms with van der Waals surface area (Å²) < 4.78 is 57.3. The average Bonchev–Trinajstić information content (AvgIpc) is 3.39. The molecule has 2 aromatic carbocycles. The van der Waals surface area contributed by atoms with E-state index in [4.69, 9.17) is 10.2 Å². The van der Waals surface area contributed by atoms with Crippen molar-refractivity contribution in [3.63, 3.8) is 0 Å². The van der Waals surface area contributed by atoms with Crippen molar-refractivity contribution in [1.29, 1.82) is 0 Å². The molecule has 32 heavy (non-hydrogen) atoms. The number of carbonyl (C=O) groups is 1. The fourth-order valence-corrected chi connectivity index (χ4v) is 3.38. The number of carbonyl (C=O) groups excluding carboxylic acids is 1. The Labute approximate surface area is 179 Å². The van der Waals surface area contributed by atoms with Crippen molar-refractivity contribution in [3.8, 4) is 0 Å². The SMILES string of the molecule is NC(Cc1c[nH]c2ccccc12)c1nc(C(=O)NCc2cc(F)cc(C(F)(F)F)c2)co1. The molecule has 4 aromatic rings. The molecule has 6 nitrogen and oxygen atoms in total. The second-order valence-electron chi connectivity index (χ2n) is 7.27. The first kappa shape index (κ1) is 21.6. The smallest absolute Gasteiger partial charge is 0.416 e. The molecule has 4 rings (SSSR count). The first-order chi connectivity index (χ1) is 15.2. The van der Waals surface area contributed by atoms with Gasteiger partial charge in [-0.15, -0.1) is 0 Å². The van der Waals surface area contributed by atoms with Crippen LogP contribution in [0.1, 0.15) is 39.1 Å². The average molecular weight is 446 g/mol. The van der Waals surface area contributed by atoms with Gasteiger partial charge in [0, 0.05) is 23.6 Å². The van der Waals surface area contributed by atoms with E-state index in [0.29, 0.717) is 12.5 Å². The van der Waals surface area contributed by atoms with E-state index in [1.807, 2.05) is 30.5 Å². The Bertz CT molecular complexity index is 1260. The Hall–Kier alpha value is -3.66. The number of aromatic amines is 1. The highest BCUT2D eigenvalue weighted by Crippen LogP contribution is 2.30. The van der Waals surface area contributed by atoms with E-state index in [1.54, 1.807) is 0 Å². The van der Waals surface area contributed by atoms with Crippen LogP contribution in [0.2, 0.25) is 0 Å². The standard InChI is InChI=1S/C22H18F4N4O2/c23-15-6-12(5-14(8-15)22(24,25)26)9-29-20(31)19-11-32-21(30-19)17(27)7-13-10-28-18-4-2-1-3-16(13)18/h1-6,8,10-11,17,28H,7,9,27H2,(H,29,31). The molecule has 0 saturated heterocycles. The van der Waals surface area contributed by atoms with Gasteiger partial charge in [0.25, 0.3) is 5.91 Å². The number of nitrogens with two attached hydrogens (primary N) is 1. The van der Waals surface area contributed by atoms with Gasteiger partial charge in [-0.3, -0.25) is 4.79 Å². The number of halogens is 4. The summed E-state index contributed by atoms with van der Waals surface area (Å²) in [6.45, 7) is -0.316. The number of nitrogens with one attached hydrogen (secondary N) is 2. The third-order valence-corrected chi connectivity index (χ3v) is 4.92. The number of fused-ring (bicyclic) bond motifs is 1. The Morgan fingerprint density at radius 2 is 2.00 bits per heavy atom. The number of amides is 1. The van der Waals surface area contributed by atoms with Crippen LogP contribution < -0.4 is 11.1 Å². The van der Waals surface area contributed by atoms with Gasteiger partial charge in [-0.2, -0.15) is 13.2 Å². The normalized spacial score (nSPS) is 12.8.